The molecule has 1 saturated heterocycles. The number of amides is 2. The fraction of sp³-hybridized carbons (Fsp3) is 0.312. The van der Waals surface area contributed by atoms with Crippen molar-refractivity contribution < 1.29 is 19.1 Å². The molecule has 26 heavy (non-hydrogen) atoms. The number of hydrogen-bond donors (Lipinski definition) is 1. The molecular weight excluding hydrogens is 519 g/mol. The van der Waals surface area contributed by atoms with Crippen LogP contribution in [0.2, 0.25) is 0 Å². The second-order valence-electron chi connectivity index (χ2n) is 5.94. The molecule has 1 N–H and O–H groups in total. The van der Waals surface area contributed by atoms with Crippen molar-refractivity contribution in [2.45, 2.75) is 19.6 Å². The van der Waals surface area contributed by atoms with Crippen molar-refractivity contribution in [1.29, 1.82) is 0 Å². The highest BCUT2D eigenvalue weighted by atomic mass is 127. The number of ether oxygens (including phenoxy) is 2. The highest BCUT2D eigenvalue weighted by Crippen LogP contribution is 2.37. The van der Waals surface area contributed by atoms with Gasteiger partial charge in [0.1, 0.15) is 26.8 Å². The summed E-state index contributed by atoms with van der Waals surface area (Å²) >= 11 is 5.72. The van der Waals surface area contributed by atoms with Crippen molar-refractivity contribution in [2.75, 3.05) is 18.0 Å². The van der Waals surface area contributed by atoms with Crippen molar-refractivity contribution in [1.82, 2.24) is 14.9 Å². The molecule has 0 saturated carbocycles. The molecule has 2 amide bonds. The van der Waals surface area contributed by atoms with Gasteiger partial charge in [-0.2, -0.15) is 0 Å². The Kier molecular flexibility index (Phi) is 4.55. The van der Waals surface area contributed by atoms with Gasteiger partial charge in [-0.15, -0.1) is 0 Å². The second-order valence-corrected chi connectivity index (χ2v) is 7.71. The molecule has 0 bridgehead atoms. The first kappa shape index (κ1) is 17.6. The summed E-state index contributed by atoms with van der Waals surface area (Å²) < 4.78 is 14.9. The number of hydrogen-bond acceptors (Lipinski definition) is 5. The number of nitrogens with zero attached hydrogens (tertiary/aromatic N) is 3. The van der Waals surface area contributed by atoms with E-state index in [4.69, 9.17) is 9.47 Å². The van der Waals surface area contributed by atoms with Crippen molar-refractivity contribution in [3.8, 4) is 11.4 Å². The number of rotatable bonds is 3. The fourth-order valence-corrected chi connectivity index (χ4v) is 3.97. The Morgan fingerprint density at radius 3 is 3.08 bits per heavy atom. The van der Waals surface area contributed by atoms with Crippen LogP contribution in [0.5, 0.6) is 5.75 Å². The van der Waals surface area contributed by atoms with Gasteiger partial charge in [0, 0.05) is 13.0 Å². The molecule has 10 heteroatoms. The van der Waals surface area contributed by atoms with Crippen molar-refractivity contribution in [3.63, 3.8) is 0 Å². The average Bonchev–Trinajstić information content (AvgIpc) is 3.12. The molecule has 0 spiro atoms. The molecule has 0 unspecified atom stereocenters. The monoisotopic (exact) mass is 532 g/mol. The number of aromatic nitrogens is 2. The molecule has 8 nitrogen and oxygen atoms in total. The second kappa shape index (κ2) is 6.72. The van der Waals surface area contributed by atoms with E-state index in [1.54, 1.807) is 4.90 Å². The summed E-state index contributed by atoms with van der Waals surface area (Å²) in [5.41, 5.74) is 1.55. The molecular formula is C16H14BrIN4O4. The lowest BCUT2D eigenvalue weighted by Gasteiger charge is -2.22. The highest BCUT2D eigenvalue weighted by molar-refractivity contribution is 14.1. The van der Waals surface area contributed by atoms with Gasteiger partial charge in [0.25, 0.3) is 0 Å². The summed E-state index contributed by atoms with van der Waals surface area (Å²) in [4.78, 5) is 29.2. The zero-order chi connectivity index (χ0) is 18.4. The Balaban J connectivity index is 1.60. The maximum absolute atomic E-state index is 12.2. The first-order valence-corrected chi connectivity index (χ1v) is 9.73. The van der Waals surface area contributed by atoms with Crippen LogP contribution < -0.4 is 15.0 Å². The molecule has 4 rings (SSSR count). The number of benzene rings is 1. The third kappa shape index (κ3) is 3.04. The van der Waals surface area contributed by atoms with Gasteiger partial charge in [0.2, 0.25) is 5.91 Å². The molecule has 1 fully saturated rings. The van der Waals surface area contributed by atoms with Gasteiger partial charge < -0.3 is 14.8 Å². The van der Waals surface area contributed by atoms with E-state index in [0.29, 0.717) is 31.1 Å². The Labute approximate surface area is 171 Å². The third-order valence-corrected chi connectivity index (χ3v) is 6.38. The number of carbonyl (C=O) groups is 2. The summed E-state index contributed by atoms with van der Waals surface area (Å²) in [6.45, 7) is 2.45. The van der Waals surface area contributed by atoms with Crippen LogP contribution >= 0.6 is 38.5 Å². The van der Waals surface area contributed by atoms with Crippen LogP contribution in [0.3, 0.4) is 0 Å². The Morgan fingerprint density at radius 1 is 1.50 bits per heavy atom. The summed E-state index contributed by atoms with van der Waals surface area (Å²) in [5.74, 6) is 1.33. The highest BCUT2D eigenvalue weighted by Gasteiger charge is 2.33. The SMILES string of the molecule is CC(=O)NC[C@H]1CN(c2ccc3c(c2)OCc2nc(I)c(Br)n2-3)C(=O)O1. The average molecular weight is 533 g/mol. The molecule has 0 aliphatic carbocycles. The first-order chi connectivity index (χ1) is 12.4. The van der Waals surface area contributed by atoms with E-state index in [9.17, 15) is 9.59 Å². The molecule has 1 atom stereocenters. The standard InChI is InChI=1S/C16H14BrIN4O4/c1-8(23)19-5-10-6-21(16(24)26-10)9-2-3-11-12(4-9)25-7-13-20-15(18)14(17)22(11)13/h2-4,10H,5-7H2,1H3,(H,19,23)/t10-/m0/s1. The number of halogens is 2. The first-order valence-electron chi connectivity index (χ1n) is 7.86. The van der Waals surface area contributed by atoms with Crippen LogP contribution in [0.1, 0.15) is 12.7 Å². The number of anilines is 1. The number of fused-ring (bicyclic) bond motifs is 3. The Hall–Kier alpha value is -1.82. The predicted octanol–water partition coefficient (Wildman–Crippen LogP) is 2.59. The Bertz CT molecular complexity index is 916. The number of carbonyl (C=O) groups excluding carboxylic acids is 2. The van der Waals surface area contributed by atoms with Crippen LogP contribution in [0.15, 0.2) is 22.8 Å². The number of nitrogens with one attached hydrogen (secondary N) is 1. The largest absolute Gasteiger partial charge is 0.483 e. The Morgan fingerprint density at radius 2 is 2.31 bits per heavy atom. The topological polar surface area (TPSA) is 85.7 Å². The number of cyclic esters (lactones) is 1. The van der Waals surface area contributed by atoms with Crippen LogP contribution in [0, 0.1) is 3.70 Å². The molecule has 3 heterocycles. The summed E-state index contributed by atoms with van der Waals surface area (Å²) in [5, 5.41) is 2.67. The fourth-order valence-electron chi connectivity index (χ4n) is 2.97. The van der Waals surface area contributed by atoms with Crippen molar-refractivity contribution >= 4 is 56.2 Å². The molecule has 1 aromatic heterocycles. The molecule has 136 valence electrons. The van der Waals surface area contributed by atoms with E-state index in [1.165, 1.54) is 6.92 Å². The third-order valence-electron chi connectivity index (χ3n) is 4.16. The lowest BCUT2D eigenvalue weighted by Crippen LogP contribution is -2.33. The van der Waals surface area contributed by atoms with Gasteiger partial charge in [-0.05, 0) is 50.7 Å². The minimum absolute atomic E-state index is 0.155. The van der Waals surface area contributed by atoms with Gasteiger partial charge >= 0.3 is 6.09 Å². The number of imidazole rings is 1. The van der Waals surface area contributed by atoms with Gasteiger partial charge in [0.05, 0.1) is 24.5 Å². The van der Waals surface area contributed by atoms with Crippen LogP contribution in [-0.2, 0) is 16.1 Å². The molecule has 2 aliphatic heterocycles. The van der Waals surface area contributed by atoms with E-state index in [2.05, 4.69) is 48.8 Å². The van der Waals surface area contributed by atoms with Crippen molar-refractivity contribution in [2.24, 2.45) is 0 Å². The van der Waals surface area contributed by atoms with Gasteiger partial charge in [-0.25, -0.2) is 9.78 Å². The summed E-state index contributed by atoms with van der Waals surface area (Å²) in [7, 11) is 0. The summed E-state index contributed by atoms with van der Waals surface area (Å²) in [6.07, 6.45) is -0.811. The van der Waals surface area contributed by atoms with Gasteiger partial charge in [0.15, 0.2) is 5.82 Å². The smallest absolute Gasteiger partial charge is 0.414 e. The molecule has 2 aromatic rings. The van der Waals surface area contributed by atoms with Crippen LogP contribution in [-0.4, -0.2) is 40.7 Å². The normalized spacial score (nSPS) is 18.0. The quantitative estimate of drug-likeness (QED) is 0.614. The lowest BCUT2D eigenvalue weighted by molar-refractivity contribution is -0.119. The maximum atomic E-state index is 12.2. The predicted molar refractivity (Wildman–Crippen MR) is 105 cm³/mol. The zero-order valence-electron chi connectivity index (χ0n) is 13.7. The van der Waals surface area contributed by atoms with E-state index in [-0.39, 0.29) is 12.0 Å². The van der Waals surface area contributed by atoms with Crippen LogP contribution in [0.4, 0.5) is 10.5 Å². The van der Waals surface area contributed by atoms with E-state index in [0.717, 1.165) is 19.8 Å². The van der Waals surface area contributed by atoms with Crippen molar-refractivity contribution in [3.05, 3.63) is 32.3 Å². The molecule has 0 radical (unpaired) electrons. The summed E-state index contributed by atoms with van der Waals surface area (Å²) in [6, 6.07) is 5.56. The van der Waals surface area contributed by atoms with E-state index < -0.39 is 6.09 Å². The van der Waals surface area contributed by atoms with Gasteiger partial charge in [-0.1, -0.05) is 0 Å². The maximum Gasteiger partial charge on any atom is 0.414 e. The minimum Gasteiger partial charge on any atom is -0.483 e. The van der Waals surface area contributed by atoms with E-state index in [1.807, 2.05) is 22.8 Å². The van der Waals surface area contributed by atoms with Crippen LogP contribution in [0.25, 0.3) is 5.69 Å². The van der Waals surface area contributed by atoms with E-state index >= 15 is 0 Å². The minimum atomic E-state index is -0.435. The molecule has 1 aromatic carbocycles. The van der Waals surface area contributed by atoms with Gasteiger partial charge in [-0.3, -0.25) is 14.3 Å². The molecule has 2 aliphatic rings. The lowest BCUT2D eigenvalue weighted by atomic mass is 10.2. The zero-order valence-corrected chi connectivity index (χ0v) is 17.4.